The summed E-state index contributed by atoms with van der Waals surface area (Å²) in [6.07, 6.45) is -5.69. The van der Waals surface area contributed by atoms with E-state index in [2.05, 4.69) is 0 Å². The lowest BCUT2D eigenvalue weighted by Gasteiger charge is -2.25. The lowest BCUT2D eigenvalue weighted by molar-refractivity contribution is -0.283. The minimum Gasteiger partial charge on any atom is -0.497 e. The summed E-state index contributed by atoms with van der Waals surface area (Å²) in [6.45, 7) is 1.39. The van der Waals surface area contributed by atoms with Crippen molar-refractivity contribution in [3.63, 3.8) is 0 Å². The molecule has 0 saturated heterocycles. The lowest BCUT2D eigenvalue weighted by Crippen LogP contribution is -2.40. The minimum absolute atomic E-state index is 0.207. The van der Waals surface area contributed by atoms with Crippen molar-refractivity contribution in [2.75, 3.05) is 7.11 Å². The predicted molar refractivity (Wildman–Crippen MR) is 57.3 cm³/mol. The number of ether oxygens (including phenoxy) is 1. The molecule has 1 unspecified atom stereocenters. The Morgan fingerprint density at radius 3 is 2.11 bits per heavy atom. The van der Waals surface area contributed by atoms with Gasteiger partial charge < -0.3 is 4.74 Å². The summed E-state index contributed by atoms with van der Waals surface area (Å²) >= 11 is 5.27. The number of halogens is 6. The van der Waals surface area contributed by atoms with Crippen LogP contribution in [0.15, 0.2) is 18.2 Å². The fraction of sp³-hybridized carbons (Fsp3) is 0.455. The maximum atomic E-state index is 13.1. The number of hydrogen-bond donors (Lipinski definition) is 0. The van der Waals surface area contributed by atoms with Crippen LogP contribution in [0.4, 0.5) is 22.0 Å². The van der Waals surface area contributed by atoms with Crippen molar-refractivity contribution in [3.8, 4) is 5.75 Å². The molecule has 1 rings (SSSR count). The zero-order chi connectivity index (χ0) is 14.1. The van der Waals surface area contributed by atoms with Crippen LogP contribution in [0.1, 0.15) is 16.5 Å². The molecule has 18 heavy (non-hydrogen) atoms. The molecule has 0 aliphatic rings. The van der Waals surface area contributed by atoms with E-state index < -0.39 is 17.5 Å². The van der Waals surface area contributed by atoms with Gasteiger partial charge in [-0.1, -0.05) is 6.07 Å². The Kier molecular flexibility index (Phi) is 4.10. The van der Waals surface area contributed by atoms with E-state index in [0.29, 0.717) is 5.75 Å². The molecule has 0 aliphatic carbocycles. The first kappa shape index (κ1) is 15.0. The van der Waals surface area contributed by atoms with Gasteiger partial charge in [-0.3, -0.25) is 0 Å². The Hall–Kier alpha value is -1.04. The maximum absolute atomic E-state index is 13.1. The fourth-order valence-electron chi connectivity index (χ4n) is 1.40. The molecule has 0 spiro atoms. The van der Waals surface area contributed by atoms with Gasteiger partial charge >= 0.3 is 12.1 Å². The Labute approximate surface area is 106 Å². The van der Waals surface area contributed by atoms with E-state index in [-0.39, 0.29) is 11.1 Å². The van der Waals surface area contributed by atoms with E-state index in [4.69, 9.17) is 16.3 Å². The standard InChI is InChI=1S/C11H10ClF5O/c1-6-5-7(18-2)3-4-8(6)9(12)10(13,14)11(15,16)17/h3-5,9H,1-2H3. The van der Waals surface area contributed by atoms with Crippen molar-refractivity contribution in [2.24, 2.45) is 0 Å². The molecule has 102 valence electrons. The molecule has 1 nitrogen and oxygen atoms in total. The van der Waals surface area contributed by atoms with Gasteiger partial charge in [-0.25, -0.2) is 0 Å². The van der Waals surface area contributed by atoms with Gasteiger partial charge in [0, 0.05) is 0 Å². The molecule has 0 saturated carbocycles. The summed E-state index contributed by atoms with van der Waals surface area (Å²) in [4.78, 5) is 0. The molecule has 0 heterocycles. The molecule has 0 N–H and O–H groups in total. The molecule has 0 bridgehead atoms. The van der Waals surface area contributed by atoms with Crippen LogP contribution >= 0.6 is 11.6 Å². The van der Waals surface area contributed by atoms with Crippen molar-refractivity contribution in [3.05, 3.63) is 29.3 Å². The van der Waals surface area contributed by atoms with Crippen molar-refractivity contribution >= 4 is 11.6 Å². The number of methoxy groups -OCH3 is 1. The number of rotatable bonds is 3. The quantitative estimate of drug-likeness (QED) is 0.588. The largest absolute Gasteiger partial charge is 0.497 e. The van der Waals surface area contributed by atoms with Crippen molar-refractivity contribution < 1.29 is 26.7 Å². The van der Waals surface area contributed by atoms with Crippen LogP contribution in [-0.4, -0.2) is 19.2 Å². The summed E-state index contributed by atoms with van der Waals surface area (Å²) < 4.78 is 67.6. The summed E-state index contributed by atoms with van der Waals surface area (Å²) in [5, 5.41) is -2.47. The normalized spacial score (nSPS) is 14.4. The third kappa shape index (κ3) is 2.68. The number of hydrogen-bond acceptors (Lipinski definition) is 1. The van der Waals surface area contributed by atoms with Crippen LogP contribution in [0.3, 0.4) is 0 Å². The third-order valence-corrected chi connectivity index (χ3v) is 2.96. The van der Waals surface area contributed by atoms with Gasteiger partial charge in [0.05, 0.1) is 7.11 Å². The second-order valence-corrected chi connectivity index (χ2v) is 4.14. The van der Waals surface area contributed by atoms with Gasteiger partial charge in [-0.2, -0.15) is 22.0 Å². The lowest BCUT2D eigenvalue weighted by atomic mass is 10.0. The van der Waals surface area contributed by atoms with Gasteiger partial charge in [0.2, 0.25) is 0 Å². The van der Waals surface area contributed by atoms with E-state index in [1.807, 2.05) is 0 Å². The van der Waals surface area contributed by atoms with Gasteiger partial charge in [0.25, 0.3) is 0 Å². The molecule has 1 atom stereocenters. The Balaban J connectivity index is 3.15. The molecule has 0 aliphatic heterocycles. The van der Waals surface area contributed by atoms with Gasteiger partial charge in [-0.15, -0.1) is 11.6 Å². The van der Waals surface area contributed by atoms with Crippen molar-refractivity contribution in [1.82, 2.24) is 0 Å². The van der Waals surface area contributed by atoms with E-state index in [0.717, 1.165) is 6.07 Å². The topological polar surface area (TPSA) is 9.23 Å². The first-order valence-electron chi connectivity index (χ1n) is 4.84. The first-order valence-corrected chi connectivity index (χ1v) is 5.28. The highest BCUT2D eigenvalue weighted by molar-refractivity contribution is 6.21. The average molecular weight is 289 g/mol. The van der Waals surface area contributed by atoms with E-state index in [1.165, 1.54) is 26.2 Å². The summed E-state index contributed by atoms with van der Waals surface area (Å²) in [5.41, 5.74) is -0.0712. The van der Waals surface area contributed by atoms with Crippen LogP contribution in [0, 0.1) is 6.92 Å². The molecule has 7 heteroatoms. The zero-order valence-electron chi connectivity index (χ0n) is 9.49. The summed E-state index contributed by atoms with van der Waals surface area (Å²) in [6, 6.07) is 3.73. The monoisotopic (exact) mass is 288 g/mol. The molecule has 0 radical (unpaired) electrons. The number of aryl methyl sites for hydroxylation is 1. The zero-order valence-corrected chi connectivity index (χ0v) is 10.2. The van der Waals surface area contributed by atoms with Crippen LogP contribution in [0.25, 0.3) is 0 Å². The van der Waals surface area contributed by atoms with Gasteiger partial charge in [0.15, 0.2) is 0 Å². The van der Waals surface area contributed by atoms with Crippen LogP contribution < -0.4 is 4.74 Å². The number of benzene rings is 1. The fourth-order valence-corrected chi connectivity index (χ4v) is 1.77. The highest BCUT2D eigenvalue weighted by atomic mass is 35.5. The summed E-state index contributed by atoms with van der Waals surface area (Å²) in [5.74, 6) is -4.64. The minimum atomic E-state index is -5.69. The third-order valence-electron chi connectivity index (χ3n) is 2.45. The van der Waals surface area contributed by atoms with Crippen LogP contribution in [0.2, 0.25) is 0 Å². The molecule has 1 aromatic carbocycles. The van der Waals surface area contributed by atoms with Crippen molar-refractivity contribution in [2.45, 2.75) is 24.4 Å². The van der Waals surface area contributed by atoms with Crippen molar-refractivity contribution in [1.29, 1.82) is 0 Å². The molecule has 0 aromatic heterocycles. The maximum Gasteiger partial charge on any atom is 0.455 e. The van der Waals surface area contributed by atoms with Crippen LogP contribution in [0.5, 0.6) is 5.75 Å². The highest BCUT2D eigenvalue weighted by Crippen LogP contribution is 2.48. The van der Waals surface area contributed by atoms with E-state index >= 15 is 0 Å². The smallest absolute Gasteiger partial charge is 0.455 e. The second kappa shape index (κ2) is 4.91. The average Bonchev–Trinajstić information content (AvgIpc) is 2.26. The van der Waals surface area contributed by atoms with Crippen LogP contribution in [-0.2, 0) is 0 Å². The highest BCUT2D eigenvalue weighted by Gasteiger charge is 2.62. The molecular formula is C11H10ClF5O. The molecular weight excluding hydrogens is 279 g/mol. The second-order valence-electron chi connectivity index (χ2n) is 3.71. The van der Waals surface area contributed by atoms with Gasteiger partial charge in [-0.05, 0) is 30.2 Å². The van der Waals surface area contributed by atoms with Gasteiger partial charge in [0.1, 0.15) is 11.1 Å². The summed E-state index contributed by atoms with van der Waals surface area (Å²) in [7, 11) is 1.36. The molecule has 0 fully saturated rings. The number of alkyl halides is 6. The Morgan fingerprint density at radius 1 is 1.17 bits per heavy atom. The SMILES string of the molecule is COc1ccc(C(Cl)C(F)(F)C(F)(F)F)c(C)c1. The predicted octanol–water partition coefficient (Wildman–Crippen LogP) is 4.48. The Morgan fingerprint density at radius 2 is 1.72 bits per heavy atom. The molecule has 1 aromatic rings. The van der Waals surface area contributed by atoms with E-state index in [1.54, 1.807) is 0 Å². The molecule has 0 amide bonds. The van der Waals surface area contributed by atoms with E-state index in [9.17, 15) is 22.0 Å². The first-order chi connectivity index (χ1) is 8.11. The Bertz CT molecular complexity index is 430.